The Morgan fingerprint density at radius 3 is 2.52 bits per heavy atom. The van der Waals surface area contributed by atoms with Gasteiger partial charge in [0.15, 0.2) is 16.4 Å². The van der Waals surface area contributed by atoms with Gasteiger partial charge in [0, 0.05) is 32.2 Å². The van der Waals surface area contributed by atoms with Gasteiger partial charge in [-0.05, 0) is 37.3 Å². The van der Waals surface area contributed by atoms with E-state index >= 15 is 0 Å². The van der Waals surface area contributed by atoms with E-state index in [2.05, 4.69) is 6.92 Å². The third-order valence-corrected chi connectivity index (χ3v) is 7.76. The number of carbonyl (C=O) groups is 2. The van der Waals surface area contributed by atoms with Crippen LogP contribution >= 0.6 is 0 Å². The van der Waals surface area contributed by atoms with E-state index in [1.165, 1.54) is 24.1 Å². The molecule has 1 aromatic carbocycles. The Balaban J connectivity index is 1.64. The fraction of sp³-hybridized carbons (Fsp3) is 0.600. The van der Waals surface area contributed by atoms with Gasteiger partial charge in [0.05, 0.1) is 22.0 Å². The smallest absolute Gasteiger partial charge is 0.338 e. The van der Waals surface area contributed by atoms with Crippen molar-refractivity contribution in [3.05, 3.63) is 33.9 Å². The number of ether oxygens (including phenoxy) is 1. The van der Waals surface area contributed by atoms with Crippen molar-refractivity contribution < 1.29 is 27.7 Å². The molecule has 2 aliphatic rings. The summed E-state index contributed by atoms with van der Waals surface area (Å²) in [6, 6.07) is 3.74. The lowest BCUT2D eigenvalue weighted by molar-refractivity contribution is -0.384. The lowest BCUT2D eigenvalue weighted by Gasteiger charge is -2.31. The summed E-state index contributed by atoms with van der Waals surface area (Å²) in [6.45, 7) is 3.01. The molecule has 2 heterocycles. The van der Waals surface area contributed by atoms with Crippen LogP contribution in [-0.2, 0) is 19.4 Å². The summed E-state index contributed by atoms with van der Waals surface area (Å²) in [5, 5.41) is 11.6. The molecule has 0 N–H and O–H groups in total. The van der Waals surface area contributed by atoms with Crippen molar-refractivity contribution >= 4 is 33.1 Å². The van der Waals surface area contributed by atoms with Gasteiger partial charge in [0.25, 0.3) is 11.6 Å². The molecule has 1 aromatic rings. The van der Waals surface area contributed by atoms with Crippen LogP contribution in [0.5, 0.6) is 0 Å². The minimum absolute atomic E-state index is 0.0141. The van der Waals surface area contributed by atoms with Crippen molar-refractivity contribution in [2.75, 3.05) is 43.1 Å². The van der Waals surface area contributed by atoms with E-state index in [0.29, 0.717) is 31.1 Å². The average Bonchev–Trinajstić information content (AvgIpc) is 3.11. The zero-order valence-corrected chi connectivity index (χ0v) is 18.5. The molecule has 1 amide bonds. The lowest BCUT2D eigenvalue weighted by Crippen LogP contribution is -2.40. The third kappa shape index (κ3) is 5.52. The largest absolute Gasteiger partial charge is 0.452 e. The molecule has 0 radical (unpaired) electrons. The first-order valence-electron chi connectivity index (χ1n) is 10.2. The number of anilines is 1. The Labute approximate surface area is 181 Å². The summed E-state index contributed by atoms with van der Waals surface area (Å²) in [4.78, 5) is 38.9. The van der Waals surface area contributed by atoms with Crippen LogP contribution in [0, 0.1) is 16.0 Å². The monoisotopic (exact) mass is 453 g/mol. The summed E-state index contributed by atoms with van der Waals surface area (Å²) in [5.74, 6) is -0.871. The van der Waals surface area contributed by atoms with Crippen LogP contribution in [0.4, 0.5) is 11.4 Å². The maximum atomic E-state index is 12.4. The summed E-state index contributed by atoms with van der Waals surface area (Å²) >= 11 is 0. The summed E-state index contributed by atoms with van der Waals surface area (Å²) < 4.78 is 28.2. The normalized spacial score (nSPS) is 21.0. The van der Waals surface area contributed by atoms with E-state index in [9.17, 15) is 28.1 Å². The fourth-order valence-corrected chi connectivity index (χ4v) is 5.68. The number of sulfone groups is 1. The first-order chi connectivity index (χ1) is 14.6. The Morgan fingerprint density at radius 2 is 1.94 bits per heavy atom. The van der Waals surface area contributed by atoms with E-state index in [4.69, 9.17) is 4.74 Å². The lowest BCUT2D eigenvalue weighted by atomic mass is 9.98. The quantitative estimate of drug-likeness (QED) is 0.361. The van der Waals surface area contributed by atoms with Gasteiger partial charge in [-0.1, -0.05) is 6.92 Å². The molecular weight excluding hydrogens is 426 g/mol. The van der Waals surface area contributed by atoms with Gasteiger partial charge in [0.2, 0.25) is 0 Å². The van der Waals surface area contributed by atoms with Gasteiger partial charge in [-0.15, -0.1) is 0 Å². The Bertz CT molecular complexity index is 971. The van der Waals surface area contributed by atoms with E-state index in [-0.39, 0.29) is 22.8 Å². The van der Waals surface area contributed by atoms with Gasteiger partial charge in [0.1, 0.15) is 5.69 Å². The molecule has 3 rings (SSSR count). The molecule has 0 aromatic heterocycles. The topological polar surface area (TPSA) is 127 Å². The zero-order valence-electron chi connectivity index (χ0n) is 17.7. The first kappa shape index (κ1) is 23.0. The summed E-state index contributed by atoms with van der Waals surface area (Å²) in [7, 11) is -1.67. The van der Waals surface area contributed by atoms with Crippen LogP contribution in [-0.4, -0.2) is 74.4 Å². The van der Waals surface area contributed by atoms with Crippen LogP contribution < -0.4 is 4.90 Å². The molecule has 0 aliphatic carbocycles. The van der Waals surface area contributed by atoms with E-state index in [1.54, 1.807) is 6.07 Å². The Kier molecular flexibility index (Phi) is 6.83. The van der Waals surface area contributed by atoms with Crippen LogP contribution in [0.2, 0.25) is 0 Å². The number of nitro benzene ring substituents is 1. The molecule has 2 fully saturated rings. The second-order valence-electron chi connectivity index (χ2n) is 8.27. The number of hydrogen-bond acceptors (Lipinski definition) is 8. The molecule has 170 valence electrons. The second-order valence-corrected chi connectivity index (χ2v) is 10.5. The minimum Gasteiger partial charge on any atom is -0.452 e. The van der Waals surface area contributed by atoms with Crippen LogP contribution in [0.25, 0.3) is 0 Å². The molecule has 1 unspecified atom stereocenters. The molecular formula is C20H27N3O7S. The van der Waals surface area contributed by atoms with Gasteiger partial charge >= 0.3 is 5.97 Å². The fourth-order valence-electron chi connectivity index (χ4n) is 3.91. The van der Waals surface area contributed by atoms with Crippen LogP contribution in [0.15, 0.2) is 18.2 Å². The molecule has 11 heteroatoms. The number of nitrogens with zero attached hydrogens (tertiary/aromatic N) is 3. The second kappa shape index (κ2) is 9.21. The standard InChI is InChI=1S/C20H27N3O7S/c1-14-5-8-22(9-6-14)17-4-3-15(11-18(17)23(26)27)20(25)30-12-19(24)21(2)16-7-10-31(28,29)13-16/h3-4,11,14,16H,5-10,12-13H2,1-2H3. The van der Waals surface area contributed by atoms with Gasteiger partial charge in [-0.3, -0.25) is 14.9 Å². The van der Waals surface area contributed by atoms with E-state index < -0.39 is 39.3 Å². The van der Waals surface area contributed by atoms with Crippen molar-refractivity contribution in [3.8, 4) is 0 Å². The van der Waals surface area contributed by atoms with Crippen molar-refractivity contribution in [1.29, 1.82) is 0 Å². The molecule has 10 nitrogen and oxygen atoms in total. The van der Waals surface area contributed by atoms with Crippen LogP contribution in [0.1, 0.15) is 36.5 Å². The maximum Gasteiger partial charge on any atom is 0.338 e. The SMILES string of the molecule is CC1CCN(c2ccc(C(=O)OCC(=O)N(C)C3CCS(=O)(=O)C3)cc2[N+](=O)[O-])CC1. The highest BCUT2D eigenvalue weighted by Crippen LogP contribution is 2.32. The van der Waals surface area contributed by atoms with Crippen molar-refractivity contribution in [2.24, 2.45) is 5.92 Å². The highest BCUT2D eigenvalue weighted by molar-refractivity contribution is 7.91. The number of esters is 1. The summed E-state index contributed by atoms with van der Waals surface area (Å²) in [5.41, 5.74) is 0.273. The number of amides is 1. The van der Waals surface area contributed by atoms with Crippen molar-refractivity contribution in [3.63, 3.8) is 0 Å². The van der Waals surface area contributed by atoms with E-state index in [1.807, 2.05) is 4.90 Å². The Morgan fingerprint density at radius 1 is 1.26 bits per heavy atom. The summed E-state index contributed by atoms with van der Waals surface area (Å²) in [6.07, 6.45) is 2.24. The number of likely N-dealkylation sites (N-methyl/N-ethyl adjacent to an activating group) is 1. The molecule has 0 bridgehead atoms. The first-order valence-corrected chi connectivity index (χ1v) is 12.1. The van der Waals surface area contributed by atoms with Gasteiger partial charge in [-0.2, -0.15) is 0 Å². The zero-order chi connectivity index (χ0) is 22.8. The van der Waals surface area contributed by atoms with Gasteiger partial charge in [-0.25, -0.2) is 13.2 Å². The average molecular weight is 454 g/mol. The predicted octanol–water partition coefficient (Wildman–Crippen LogP) is 1.63. The van der Waals surface area contributed by atoms with Crippen LogP contribution in [0.3, 0.4) is 0 Å². The third-order valence-electron chi connectivity index (χ3n) is 6.01. The Hall–Kier alpha value is -2.69. The van der Waals surface area contributed by atoms with E-state index in [0.717, 1.165) is 12.8 Å². The molecule has 0 spiro atoms. The predicted molar refractivity (Wildman–Crippen MR) is 114 cm³/mol. The van der Waals surface area contributed by atoms with Crippen molar-refractivity contribution in [1.82, 2.24) is 4.90 Å². The van der Waals surface area contributed by atoms with Crippen molar-refractivity contribution in [2.45, 2.75) is 32.2 Å². The maximum absolute atomic E-state index is 12.4. The number of benzene rings is 1. The number of carbonyl (C=O) groups excluding carboxylic acids is 2. The molecule has 1 atom stereocenters. The molecule has 0 saturated carbocycles. The number of piperidine rings is 1. The molecule has 2 saturated heterocycles. The highest BCUT2D eigenvalue weighted by Gasteiger charge is 2.33. The number of rotatable bonds is 6. The number of nitro groups is 1. The molecule has 2 aliphatic heterocycles. The highest BCUT2D eigenvalue weighted by atomic mass is 32.2. The van der Waals surface area contributed by atoms with Gasteiger partial charge < -0.3 is 14.5 Å². The number of hydrogen-bond donors (Lipinski definition) is 0. The minimum atomic E-state index is -3.15. The molecule has 31 heavy (non-hydrogen) atoms.